The lowest BCUT2D eigenvalue weighted by atomic mass is 9.82. The Hall–Kier alpha value is -1.06. The van der Waals surface area contributed by atoms with E-state index in [1.165, 1.54) is 6.42 Å². The number of nitrogens with zero attached hydrogens (tertiary/aromatic N) is 1. The zero-order chi connectivity index (χ0) is 13.9. The number of amides is 1. The van der Waals surface area contributed by atoms with Crippen molar-refractivity contribution < 1.29 is 14.7 Å². The van der Waals surface area contributed by atoms with Gasteiger partial charge < -0.3 is 10.0 Å². The molecule has 1 amide bonds. The minimum absolute atomic E-state index is 0.0541. The maximum Gasteiger partial charge on any atom is 0.310 e. The third-order valence-corrected chi connectivity index (χ3v) is 4.87. The van der Waals surface area contributed by atoms with Gasteiger partial charge in [0.05, 0.1) is 5.41 Å². The monoisotopic (exact) mass is 267 g/mol. The molecule has 2 rings (SSSR count). The summed E-state index contributed by atoms with van der Waals surface area (Å²) in [5, 5.41) is 9.44. The summed E-state index contributed by atoms with van der Waals surface area (Å²) in [6.07, 6.45) is 6.69. The molecule has 0 aromatic heterocycles. The van der Waals surface area contributed by atoms with Crippen molar-refractivity contribution in [3.05, 3.63) is 0 Å². The molecule has 1 heterocycles. The van der Waals surface area contributed by atoms with Crippen LogP contribution in [-0.4, -0.2) is 35.0 Å². The first-order valence-electron chi connectivity index (χ1n) is 7.55. The highest BCUT2D eigenvalue weighted by Gasteiger charge is 2.43. The second-order valence-corrected chi connectivity index (χ2v) is 6.39. The molecular weight excluding hydrogens is 242 g/mol. The van der Waals surface area contributed by atoms with E-state index in [2.05, 4.69) is 6.92 Å². The smallest absolute Gasteiger partial charge is 0.310 e. The summed E-state index contributed by atoms with van der Waals surface area (Å²) in [5.41, 5.74) is -0.769. The van der Waals surface area contributed by atoms with E-state index in [9.17, 15) is 14.7 Å². The van der Waals surface area contributed by atoms with E-state index in [-0.39, 0.29) is 12.3 Å². The molecule has 2 aliphatic rings. The predicted octanol–water partition coefficient (Wildman–Crippen LogP) is 2.67. The number of rotatable bonds is 3. The van der Waals surface area contributed by atoms with Crippen molar-refractivity contribution in [2.45, 2.75) is 58.3 Å². The van der Waals surface area contributed by atoms with E-state index < -0.39 is 11.4 Å². The van der Waals surface area contributed by atoms with Crippen molar-refractivity contribution in [3.63, 3.8) is 0 Å². The molecule has 19 heavy (non-hydrogen) atoms. The first kappa shape index (κ1) is 14.4. The molecule has 1 saturated heterocycles. The molecule has 1 saturated carbocycles. The molecule has 2 fully saturated rings. The number of carbonyl (C=O) groups is 2. The summed E-state index contributed by atoms with van der Waals surface area (Å²) in [7, 11) is 0. The molecule has 4 nitrogen and oxygen atoms in total. The average molecular weight is 267 g/mol. The summed E-state index contributed by atoms with van der Waals surface area (Å²) in [6.45, 7) is 3.83. The molecule has 1 aliphatic heterocycles. The Morgan fingerprint density at radius 2 is 1.84 bits per heavy atom. The fraction of sp³-hybridized carbons (Fsp3) is 0.867. The predicted molar refractivity (Wildman–Crippen MR) is 72.7 cm³/mol. The molecule has 0 radical (unpaired) electrons. The van der Waals surface area contributed by atoms with E-state index in [4.69, 9.17) is 0 Å². The third kappa shape index (κ3) is 3.28. The lowest BCUT2D eigenvalue weighted by molar-refractivity contribution is -0.153. The fourth-order valence-corrected chi connectivity index (χ4v) is 3.43. The summed E-state index contributed by atoms with van der Waals surface area (Å²) in [6, 6.07) is 0. The molecule has 0 aromatic rings. The Morgan fingerprint density at radius 3 is 2.47 bits per heavy atom. The zero-order valence-electron chi connectivity index (χ0n) is 11.9. The van der Waals surface area contributed by atoms with Crippen LogP contribution in [-0.2, 0) is 9.59 Å². The van der Waals surface area contributed by atoms with Gasteiger partial charge in [-0.1, -0.05) is 19.8 Å². The lowest BCUT2D eigenvalue weighted by Gasteiger charge is -2.27. The molecule has 0 aromatic carbocycles. The first-order chi connectivity index (χ1) is 9.03. The molecular formula is C15H25NO3. The Labute approximate surface area is 115 Å². The normalized spacial score (nSPS) is 27.0. The Kier molecular flexibility index (Phi) is 4.48. The van der Waals surface area contributed by atoms with Crippen LogP contribution in [0.4, 0.5) is 0 Å². The van der Waals surface area contributed by atoms with Crippen LogP contribution in [0.25, 0.3) is 0 Å². The van der Waals surface area contributed by atoms with Gasteiger partial charge >= 0.3 is 5.97 Å². The number of likely N-dealkylation sites (tertiary alicyclic amines) is 1. The van der Waals surface area contributed by atoms with Crippen LogP contribution in [0.1, 0.15) is 58.3 Å². The van der Waals surface area contributed by atoms with E-state index in [1.54, 1.807) is 0 Å². The van der Waals surface area contributed by atoms with E-state index in [0.717, 1.165) is 38.8 Å². The van der Waals surface area contributed by atoms with Crippen LogP contribution in [0.3, 0.4) is 0 Å². The van der Waals surface area contributed by atoms with Crippen molar-refractivity contribution in [2.75, 3.05) is 13.1 Å². The number of carboxylic acid groups (broad SMARTS) is 1. The van der Waals surface area contributed by atoms with Crippen LogP contribution in [0.2, 0.25) is 0 Å². The van der Waals surface area contributed by atoms with Crippen molar-refractivity contribution in [1.82, 2.24) is 4.90 Å². The van der Waals surface area contributed by atoms with Crippen LogP contribution in [0.5, 0.6) is 0 Å². The van der Waals surface area contributed by atoms with Crippen molar-refractivity contribution in [2.24, 2.45) is 11.3 Å². The van der Waals surface area contributed by atoms with Gasteiger partial charge in [0.1, 0.15) is 0 Å². The van der Waals surface area contributed by atoms with Gasteiger partial charge in [-0.05, 0) is 38.0 Å². The molecule has 0 spiro atoms. The van der Waals surface area contributed by atoms with Gasteiger partial charge in [0.2, 0.25) is 5.91 Å². The molecule has 108 valence electrons. The lowest BCUT2D eigenvalue weighted by Crippen LogP contribution is -2.39. The molecule has 1 unspecified atom stereocenters. The number of carboxylic acids is 1. The average Bonchev–Trinajstić information content (AvgIpc) is 2.72. The van der Waals surface area contributed by atoms with Gasteiger partial charge in [-0.15, -0.1) is 0 Å². The minimum Gasteiger partial charge on any atom is -0.481 e. The Morgan fingerprint density at radius 1 is 1.16 bits per heavy atom. The maximum atomic E-state index is 12.4. The maximum absolute atomic E-state index is 12.4. The van der Waals surface area contributed by atoms with Crippen molar-refractivity contribution in [3.8, 4) is 0 Å². The standard InChI is InChI=1S/C15H25NO3/c1-12-5-4-9-16(10-6-12)13(17)11-15(14(18)19)7-2-3-8-15/h12H,2-11H2,1H3,(H,18,19). The zero-order valence-corrected chi connectivity index (χ0v) is 11.9. The highest BCUT2D eigenvalue weighted by molar-refractivity contribution is 5.85. The number of hydrogen-bond donors (Lipinski definition) is 1. The van der Waals surface area contributed by atoms with Crippen molar-refractivity contribution in [1.29, 1.82) is 0 Å². The van der Waals surface area contributed by atoms with Crippen molar-refractivity contribution >= 4 is 11.9 Å². The van der Waals surface area contributed by atoms with Gasteiger partial charge in [0.15, 0.2) is 0 Å². The topological polar surface area (TPSA) is 57.6 Å². The van der Waals surface area contributed by atoms with Crippen LogP contribution in [0, 0.1) is 11.3 Å². The van der Waals surface area contributed by atoms with Gasteiger partial charge in [0.25, 0.3) is 0 Å². The molecule has 1 N–H and O–H groups in total. The molecule has 4 heteroatoms. The minimum atomic E-state index is -0.776. The first-order valence-corrected chi connectivity index (χ1v) is 7.55. The third-order valence-electron chi connectivity index (χ3n) is 4.87. The second-order valence-electron chi connectivity index (χ2n) is 6.39. The summed E-state index contributed by atoms with van der Waals surface area (Å²) in [5.74, 6) is -0.0438. The van der Waals surface area contributed by atoms with Gasteiger partial charge in [-0.2, -0.15) is 0 Å². The summed E-state index contributed by atoms with van der Waals surface area (Å²) < 4.78 is 0. The number of carbonyl (C=O) groups excluding carboxylic acids is 1. The highest BCUT2D eigenvalue weighted by Crippen LogP contribution is 2.41. The van der Waals surface area contributed by atoms with E-state index >= 15 is 0 Å². The summed E-state index contributed by atoms with van der Waals surface area (Å²) >= 11 is 0. The number of hydrogen-bond acceptors (Lipinski definition) is 2. The van der Waals surface area contributed by atoms with E-state index in [1.807, 2.05) is 4.90 Å². The Balaban J connectivity index is 1.97. The fourth-order valence-electron chi connectivity index (χ4n) is 3.43. The quantitative estimate of drug-likeness (QED) is 0.855. The van der Waals surface area contributed by atoms with Crippen LogP contribution in [0.15, 0.2) is 0 Å². The van der Waals surface area contributed by atoms with Crippen LogP contribution >= 0.6 is 0 Å². The SMILES string of the molecule is CC1CCCN(C(=O)CC2(C(=O)O)CCCC2)CC1. The largest absolute Gasteiger partial charge is 0.481 e. The highest BCUT2D eigenvalue weighted by atomic mass is 16.4. The summed E-state index contributed by atoms with van der Waals surface area (Å²) in [4.78, 5) is 25.8. The van der Waals surface area contributed by atoms with Gasteiger partial charge in [-0.25, -0.2) is 0 Å². The van der Waals surface area contributed by atoms with Gasteiger partial charge in [-0.3, -0.25) is 9.59 Å². The second kappa shape index (κ2) is 5.93. The molecule has 0 bridgehead atoms. The van der Waals surface area contributed by atoms with E-state index in [0.29, 0.717) is 18.8 Å². The molecule has 1 atom stereocenters. The number of aliphatic carboxylic acids is 1. The van der Waals surface area contributed by atoms with Gasteiger partial charge in [0, 0.05) is 19.5 Å². The molecule has 1 aliphatic carbocycles. The Bertz CT molecular complexity index is 347. The van der Waals surface area contributed by atoms with Crippen LogP contribution < -0.4 is 0 Å².